The minimum atomic E-state index is -0.367. The van der Waals surface area contributed by atoms with Crippen LogP contribution in [0.5, 0.6) is 0 Å². The fourth-order valence-corrected chi connectivity index (χ4v) is 12.8. The Bertz CT molecular complexity index is 1540. The molecule has 1 aromatic carbocycles. The first-order chi connectivity index (χ1) is 24.8. The third kappa shape index (κ3) is 6.35. The Morgan fingerprint density at radius 2 is 1.68 bits per heavy atom. The minimum absolute atomic E-state index is 0.0444. The molecule has 0 radical (unpaired) electrons. The summed E-state index contributed by atoms with van der Waals surface area (Å²) in [6.07, 6.45) is 7.63. The van der Waals surface area contributed by atoms with Crippen LogP contribution >= 0.6 is 0 Å². The number of likely N-dealkylation sites (N-methyl/N-ethyl adjacent to an activating group) is 1. The molecule has 53 heavy (non-hydrogen) atoms. The van der Waals surface area contributed by atoms with E-state index in [1.807, 2.05) is 37.4 Å². The molecule has 5 aliphatic rings. The summed E-state index contributed by atoms with van der Waals surface area (Å²) in [6, 6.07) is 10.1. The number of carbonyl (C=O) groups is 2. The van der Waals surface area contributed by atoms with Crippen LogP contribution in [0.1, 0.15) is 120 Å². The van der Waals surface area contributed by atoms with Crippen LogP contribution in [0.15, 0.2) is 42.0 Å². The number of carbonyl (C=O) groups excluding carboxylic acids is 2. The van der Waals surface area contributed by atoms with Crippen molar-refractivity contribution in [1.29, 1.82) is 0 Å². The minimum Gasteiger partial charge on any atom is -0.461 e. The van der Waals surface area contributed by atoms with Crippen LogP contribution in [0.4, 0.5) is 0 Å². The number of allylic oxidation sites excluding steroid dienone is 1. The Balaban J connectivity index is 1.39. The Labute approximate surface area is 321 Å². The van der Waals surface area contributed by atoms with E-state index in [2.05, 4.69) is 80.6 Å². The third-order valence-electron chi connectivity index (χ3n) is 17.0. The van der Waals surface area contributed by atoms with Crippen LogP contribution in [-0.4, -0.2) is 56.6 Å². The number of ether oxygens (including phenoxy) is 4. The van der Waals surface area contributed by atoms with Gasteiger partial charge in [0.05, 0.1) is 25.7 Å². The average Bonchev–Trinajstić information content (AvgIpc) is 3.10. The zero-order valence-corrected chi connectivity index (χ0v) is 35.1. The number of nitrogens with one attached hydrogen (secondary N) is 1. The van der Waals surface area contributed by atoms with Crippen molar-refractivity contribution in [3.8, 4) is 0 Å². The maximum absolute atomic E-state index is 14.8. The van der Waals surface area contributed by atoms with Gasteiger partial charge in [-0.05, 0) is 104 Å². The lowest BCUT2D eigenvalue weighted by Gasteiger charge is -2.71. The third-order valence-corrected chi connectivity index (χ3v) is 17.0. The zero-order valence-electron chi connectivity index (χ0n) is 35.1. The molecule has 6 rings (SSSR count). The van der Waals surface area contributed by atoms with Crippen LogP contribution < -0.4 is 5.32 Å². The number of benzene rings is 1. The van der Waals surface area contributed by atoms with Gasteiger partial charge in [-0.3, -0.25) is 9.59 Å². The van der Waals surface area contributed by atoms with Crippen LogP contribution in [0.2, 0.25) is 0 Å². The van der Waals surface area contributed by atoms with Gasteiger partial charge in [-0.2, -0.15) is 0 Å². The highest BCUT2D eigenvalue weighted by Crippen LogP contribution is 2.75. The van der Waals surface area contributed by atoms with Gasteiger partial charge in [0.25, 0.3) is 0 Å². The number of esters is 2. The Kier molecular flexibility index (Phi) is 11.0. The molecule has 1 heterocycles. The van der Waals surface area contributed by atoms with Crippen LogP contribution in [0, 0.1) is 62.6 Å². The Morgan fingerprint density at radius 1 is 0.981 bits per heavy atom. The van der Waals surface area contributed by atoms with Crippen LogP contribution in [0.25, 0.3) is 0 Å². The van der Waals surface area contributed by atoms with Gasteiger partial charge >= 0.3 is 11.9 Å². The van der Waals surface area contributed by atoms with Gasteiger partial charge < -0.3 is 24.3 Å². The molecule has 1 N–H and O–H groups in total. The van der Waals surface area contributed by atoms with Crippen LogP contribution in [0.3, 0.4) is 0 Å². The van der Waals surface area contributed by atoms with Gasteiger partial charge in [-0.1, -0.05) is 104 Å². The molecule has 1 aromatic rings. The molecule has 2 bridgehead atoms. The summed E-state index contributed by atoms with van der Waals surface area (Å²) in [6.45, 7) is 26.8. The fraction of sp³-hybridized carbons (Fsp3) is 0.783. The van der Waals surface area contributed by atoms with E-state index in [0.717, 1.165) is 37.7 Å². The molecule has 7 nitrogen and oxygen atoms in total. The van der Waals surface area contributed by atoms with Crippen LogP contribution in [-0.2, 0) is 35.1 Å². The highest BCUT2D eigenvalue weighted by molar-refractivity contribution is 5.75. The summed E-state index contributed by atoms with van der Waals surface area (Å²) in [5.74, 6) is 1.26. The second-order valence-corrected chi connectivity index (χ2v) is 20.0. The van der Waals surface area contributed by atoms with Gasteiger partial charge in [0.15, 0.2) is 0 Å². The molecular weight excluding hydrogens is 663 g/mol. The van der Waals surface area contributed by atoms with Gasteiger partial charge in [0.1, 0.15) is 18.8 Å². The average molecular weight is 734 g/mol. The van der Waals surface area contributed by atoms with E-state index >= 15 is 0 Å². The molecule has 1 saturated heterocycles. The number of fused-ring (bicyclic) bond motifs is 3. The van der Waals surface area contributed by atoms with Crippen molar-refractivity contribution in [3.63, 3.8) is 0 Å². The molecule has 4 aliphatic carbocycles. The highest BCUT2D eigenvalue weighted by Gasteiger charge is 2.72. The molecule has 0 unspecified atom stereocenters. The van der Waals surface area contributed by atoms with Gasteiger partial charge in [-0.15, -0.1) is 0 Å². The predicted octanol–water partition coefficient (Wildman–Crippen LogP) is 9.18. The topological polar surface area (TPSA) is 83.1 Å². The van der Waals surface area contributed by atoms with Crippen molar-refractivity contribution in [1.82, 2.24) is 5.32 Å². The van der Waals surface area contributed by atoms with Gasteiger partial charge in [0, 0.05) is 23.3 Å². The summed E-state index contributed by atoms with van der Waals surface area (Å²) in [4.78, 5) is 27.6. The van der Waals surface area contributed by atoms with Crippen molar-refractivity contribution in [2.75, 3.05) is 26.9 Å². The second kappa shape index (κ2) is 14.4. The molecule has 7 heteroatoms. The van der Waals surface area contributed by atoms with E-state index in [9.17, 15) is 9.59 Å². The van der Waals surface area contributed by atoms with Crippen molar-refractivity contribution < 1.29 is 28.5 Å². The van der Waals surface area contributed by atoms with Crippen molar-refractivity contribution in [2.45, 2.75) is 139 Å². The molecule has 296 valence electrons. The quantitative estimate of drug-likeness (QED) is 0.179. The first-order valence-electron chi connectivity index (χ1n) is 20.8. The summed E-state index contributed by atoms with van der Waals surface area (Å²) < 4.78 is 26.3. The summed E-state index contributed by atoms with van der Waals surface area (Å²) in [7, 11) is 2.00. The maximum atomic E-state index is 14.8. The molecule has 0 amide bonds. The standard InChI is InChI=1S/C46H71NO6/c1-29(2)31(5)41(7)22-23-43(9)34-18-19-37-42(8)26-50-28-46(37,24-36(53-32(6)48)39(42)52-27-45(11,47-12)30(3)4)35(34)20-21-44(43,10)38(41)40(49)51-25-33-16-14-13-15-17-33/h13-17,20,29-31,34,36-39,47H,18-19,21-28H2,1-12H3/t31-,34+,36-,37+,38-,39+,41-,42-,43-,44+,45-,46+/m1/s1. The predicted molar refractivity (Wildman–Crippen MR) is 210 cm³/mol. The number of hydrogen-bond acceptors (Lipinski definition) is 7. The maximum Gasteiger partial charge on any atom is 0.310 e. The molecule has 3 saturated carbocycles. The van der Waals surface area contributed by atoms with E-state index in [1.165, 1.54) is 12.5 Å². The summed E-state index contributed by atoms with van der Waals surface area (Å²) in [5.41, 5.74) is 1.12. The number of rotatable bonds is 11. The van der Waals surface area contributed by atoms with Crippen molar-refractivity contribution >= 4 is 11.9 Å². The Morgan fingerprint density at radius 3 is 2.30 bits per heavy atom. The molecule has 4 fully saturated rings. The fourth-order valence-electron chi connectivity index (χ4n) is 12.8. The lowest BCUT2D eigenvalue weighted by atomic mass is 9.34. The number of hydrogen-bond donors (Lipinski definition) is 1. The molecule has 12 atom stereocenters. The summed E-state index contributed by atoms with van der Waals surface area (Å²) >= 11 is 0. The van der Waals surface area contributed by atoms with E-state index in [4.69, 9.17) is 18.9 Å². The first kappa shape index (κ1) is 40.4. The van der Waals surface area contributed by atoms with E-state index < -0.39 is 0 Å². The smallest absolute Gasteiger partial charge is 0.310 e. The van der Waals surface area contributed by atoms with Crippen molar-refractivity contribution in [3.05, 3.63) is 47.5 Å². The first-order valence-corrected chi connectivity index (χ1v) is 20.8. The zero-order chi connectivity index (χ0) is 38.8. The van der Waals surface area contributed by atoms with Gasteiger partial charge in [0.2, 0.25) is 0 Å². The lowest BCUT2D eigenvalue weighted by Crippen LogP contribution is -2.70. The monoisotopic (exact) mass is 734 g/mol. The SMILES string of the molecule is CN[C@](C)(CO[C@H]1[C@H](OC(C)=O)C[C@@]23COC[C@]1(C)[C@@H]2CC[C@H]1C3=CC[C@@]2(C)[C@H](C(=O)OCc3ccccc3)[C@@](C)([C@H](C)C(C)C)CC[C@]12C)C(C)C. The second-order valence-electron chi connectivity index (χ2n) is 20.0. The molecule has 0 spiro atoms. The van der Waals surface area contributed by atoms with E-state index in [1.54, 1.807) is 0 Å². The molecular formula is C46H71NO6. The van der Waals surface area contributed by atoms with E-state index in [0.29, 0.717) is 62.4 Å². The van der Waals surface area contributed by atoms with E-state index in [-0.39, 0.29) is 62.7 Å². The normalized spacial score (nSPS) is 40.9. The largest absolute Gasteiger partial charge is 0.461 e. The molecule has 1 aliphatic heterocycles. The lowest BCUT2D eigenvalue weighted by molar-refractivity contribution is -0.269. The van der Waals surface area contributed by atoms with Crippen molar-refractivity contribution in [2.24, 2.45) is 62.6 Å². The molecule has 0 aromatic heterocycles. The highest BCUT2D eigenvalue weighted by atomic mass is 16.6. The summed E-state index contributed by atoms with van der Waals surface area (Å²) in [5, 5.41) is 3.51. The Hall–Kier alpha value is -2.22. The van der Waals surface area contributed by atoms with Gasteiger partial charge in [-0.25, -0.2) is 0 Å².